The van der Waals surface area contributed by atoms with Crippen LogP contribution in [0.1, 0.15) is 58.8 Å². The van der Waals surface area contributed by atoms with Gasteiger partial charge in [-0.25, -0.2) is 0 Å². The van der Waals surface area contributed by atoms with Crippen LogP contribution in [0.2, 0.25) is 0 Å². The number of nitrogens with two attached hydrogens (primary N) is 1. The maximum Gasteiger partial charge on any atom is 0.0331 e. The predicted molar refractivity (Wildman–Crippen MR) is 87.0 cm³/mol. The molecule has 20 heavy (non-hydrogen) atoms. The van der Waals surface area contributed by atoms with Gasteiger partial charge in [0.2, 0.25) is 0 Å². The summed E-state index contributed by atoms with van der Waals surface area (Å²) in [6, 6.07) is 0. The molecule has 0 radical (unpaired) electrons. The third kappa shape index (κ3) is 3.96. The Labute approximate surface area is 125 Å². The van der Waals surface area contributed by atoms with Crippen molar-refractivity contribution in [2.45, 2.75) is 64.3 Å². The summed E-state index contributed by atoms with van der Waals surface area (Å²) in [4.78, 5) is 5.33. The molecule has 118 valence electrons. The summed E-state index contributed by atoms with van der Waals surface area (Å²) in [5.41, 5.74) is 6.51. The molecule has 0 spiro atoms. The van der Waals surface area contributed by atoms with E-state index < -0.39 is 0 Å². The standard InChI is InChI=1S/C17H35N3/c1-3-20(14-6-13-19-11-4-5-12-19)17(15-18)9-7-16(2)8-10-17/h16H,3-15,18H2,1-2H3. The Balaban J connectivity index is 1.81. The molecule has 0 amide bonds. The molecule has 0 aromatic carbocycles. The van der Waals surface area contributed by atoms with Crippen LogP contribution in [-0.2, 0) is 0 Å². The molecule has 0 bridgehead atoms. The average Bonchev–Trinajstić information content (AvgIpc) is 2.98. The quantitative estimate of drug-likeness (QED) is 0.779. The van der Waals surface area contributed by atoms with E-state index in [1.165, 1.54) is 71.1 Å². The highest BCUT2D eigenvalue weighted by molar-refractivity contribution is 4.95. The smallest absolute Gasteiger partial charge is 0.0331 e. The summed E-state index contributed by atoms with van der Waals surface area (Å²) in [7, 11) is 0. The van der Waals surface area contributed by atoms with Crippen LogP contribution < -0.4 is 5.73 Å². The van der Waals surface area contributed by atoms with Gasteiger partial charge >= 0.3 is 0 Å². The minimum Gasteiger partial charge on any atom is -0.329 e. The van der Waals surface area contributed by atoms with E-state index in [1.807, 2.05) is 0 Å². The molecule has 0 unspecified atom stereocenters. The molecule has 2 aliphatic rings. The van der Waals surface area contributed by atoms with Gasteiger partial charge < -0.3 is 10.6 Å². The Hall–Kier alpha value is -0.120. The first kappa shape index (κ1) is 16.3. The Morgan fingerprint density at radius 2 is 1.85 bits per heavy atom. The van der Waals surface area contributed by atoms with Crippen molar-refractivity contribution in [3.63, 3.8) is 0 Å². The van der Waals surface area contributed by atoms with Crippen molar-refractivity contribution in [3.05, 3.63) is 0 Å². The van der Waals surface area contributed by atoms with Crippen LogP contribution in [0.15, 0.2) is 0 Å². The molecule has 3 nitrogen and oxygen atoms in total. The SMILES string of the molecule is CCN(CCCN1CCCC1)C1(CN)CCC(C)CC1. The Morgan fingerprint density at radius 1 is 1.20 bits per heavy atom. The molecular weight excluding hydrogens is 246 g/mol. The zero-order chi connectivity index (χ0) is 14.4. The van der Waals surface area contributed by atoms with Gasteiger partial charge in [0.05, 0.1) is 0 Å². The van der Waals surface area contributed by atoms with Crippen LogP contribution in [0.5, 0.6) is 0 Å². The van der Waals surface area contributed by atoms with Crippen molar-refractivity contribution in [2.75, 3.05) is 39.3 Å². The lowest BCUT2D eigenvalue weighted by molar-refractivity contribution is 0.0461. The first-order chi connectivity index (χ1) is 9.70. The lowest BCUT2D eigenvalue weighted by Gasteiger charge is -2.47. The van der Waals surface area contributed by atoms with Crippen LogP contribution in [0.4, 0.5) is 0 Å². The van der Waals surface area contributed by atoms with Gasteiger partial charge in [0.25, 0.3) is 0 Å². The van der Waals surface area contributed by atoms with E-state index in [0.29, 0.717) is 5.54 Å². The van der Waals surface area contributed by atoms with Gasteiger partial charge in [0, 0.05) is 12.1 Å². The van der Waals surface area contributed by atoms with Crippen LogP contribution >= 0.6 is 0 Å². The molecular formula is C17H35N3. The van der Waals surface area contributed by atoms with E-state index in [-0.39, 0.29) is 0 Å². The maximum absolute atomic E-state index is 6.20. The highest BCUT2D eigenvalue weighted by Gasteiger charge is 2.37. The van der Waals surface area contributed by atoms with E-state index in [0.717, 1.165) is 19.0 Å². The van der Waals surface area contributed by atoms with E-state index in [2.05, 4.69) is 23.6 Å². The van der Waals surface area contributed by atoms with Crippen LogP contribution in [0, 0.1) is 5.92 Å². The minimum absolute atomic E-state index is 0.312. The molecule has 1 saturated heterocycles. The molecule has 1 saturated carbocycles. The van der Waals surface area contributed by atoms with Gasteiger partial charge in [-0.05, 0) is 83.6 Å². The fourth-order valence-electron chi connectivity index (χ4n) is 4.17. The Kier molecular flexibility index (Phi) is 6.31. The second kappa shape index (κ2) is 7.77. The number of likely N-dealkylation sites (tertiary alicyclic amines) is 1. The lowest BCUT2D eigenvalue weighted by atomic mass is 9.76. The number of likely N-dealkylation sites (N-methyl/N-ethyl adjacent to an activating group) is 1. The molecule has 3 heteroatoms. The summed E-state index contributed by atoms with van der Waals surface area (Å²) in [5, 5.41) is 0. The molecule has 1 aliphatic heterocycles. The van der Waals surface area contributed by atoms with Crippen molar-refractivity contribution in [2.24, 2.45) is 11.7 Å². The van der Waals surface area contributed by atoms with Crippen molar-refractivity contribution < 1.29 is 0 Å². The summed E-state index contributed by atoms with van der Waals surface area (Å²) in [5.74, 6) is 0.901. The molecule has 1 aliphatic carbocycles. The number of hydrogen-bond acceptors (Lipinski definition) is 3. The van der Waals surface area contributed by atoms with Crippen molar-refractivity contribution >= 4 is 0 Å². The Morgan fingerprint density at radius 3 is 2.40 bits per heavy atom. The summed E-state index contributed by atoms with van der Waals surface area (Å²) >= 11 is 0. The molecule has 0 aromatic heterocycles. The zero-order valence-electron chi connectivity index (χ0n) is 13.7. The van der Waals surface area contributed by atoms with Crippen molar-refractivity contribution in [3.8, 4) is 0 Å². The normalized spacial score (nSPS) is 32.1. The second-order valence-electron chi connectivity index (χ2n) is 7.09. The van der Waals surface area contributed by atoms with E-state index in [1.54, 1.807) is 0 Å². The summed E-state index contributed by atoms with van der Waals surface area (Å²) in [6.07, 6.45) is 9.46. The highest BCUT2D eigenvalue weighted by Crippen LogP contribution is 2.35. The minimum atomic E-state index is 0.312. The topological polar surface area (TPSA) is 32.5 Å². The summed E-state index contributed by atoms with van der Waals surface area (Å²) < 4.78 is 0. The van der Waals surface area contributed by atoms with Gasteiger partial charge in [0.1, 0.15) is 0 Å². The first-order valence-corrected chi connectivity index (χ1v) is 8.87. The summed E-state index contributed by atoms with van der Waals surface area (Å²) in [6.45, 7) is 11.9. The van der Waals surface area contributed by atoms with Gasteiger partial charge in [-0.15, -0.1) is 0 Å². The van der Waals surface area contributed by atoms with Gasteiger partial charge in [-0.1, -0.05) is 13.8 Å². The van der Waals surface area contributed by atoms with Gasteiger partial charge in [0.15, 0.2) is 0 Å². The first-order valence-electron chi connectivity index (χ1n) is 8.87. The van der Waals surface area contributed by atoms with E-state index >= 15 is 0 Å². The third-order valence-electron chi connectivity index (χ3n) is 5.74. The third-order valence-corrected chi connectivity index (χ3v) is 5.74. The van der Waals surface area contributed by atoms with Gasteiger partial charge in [-0.2, -0.15) is 0 Å². The van der Waals surface area contributed by atoms with Crippen LogP contribution in [-0.4, -0.2) is 54.6 Å². The molecule has 0 aromatic rings. The van der Waals surface area contributed by atoms with Gasteiger partial charge in [-0.3, -0.25) is 4.90 Å². The van der Waals surface area contributed by atoms with E-state index in [4.69, 9.17) is 5.73 Å². The second-order valence-corrected chi connectivity index (χ2v) is 7.09. The number of hydrogen-bond donors (Lipinski definition) is 1. The largest absolute Gasteiger partial charge is 0.329 e. The molecule has 0 atom stereocenters. The average molecular weight is 281 g/mol. The molecule has 2 rings (SSSR count). The monoisotopic (exact) mass is 281 g/mol. The fourth-order valence-corrected chi connectivity index (χ4v) is 4.17. The Bertz CT molecular complexity index is 265. The number of nitrogens with zero attached hydrogens (tertiary/aromatic N) is 2. The zero-order valence-corrected chi connectivity index (χ0v) is 13.7. The molecule has 2 fully saturated rings. The van der Waals surface area contributed by atoms with Crippen molar-refractivity contribution in [1.29, 1.82) is 0 Å². The molecule has 1 heterocycles. The maximum atomic E-state index is 6.20. The molecule has 2 N–H and O–H groups in total. The van der Waals surface area contributed by atoms with E-state index in [9.17, 15) is 0 Å². The lowest BCUT2D eigenvalue weighted by Crippen LogP contribution is -2.56. The predicted octanol–water partition coefficient (Wildman–Crippen LogP) is 2.70. The highest BCUT2D eigenvalue weighted by atomic mass is 15.2. The van der Waals surface area contributed by atoms with Crippen LogP contribution in [0.3, 0.4) is 0 Å². The number of rotatable bonds is 7. The fraction of sp³-hybridized carbons (Fsp3) is 1.00. The van der Waals surface area contributed by atoms with Crippen LogP contribution in [0.25, 0.3) is 0 Å². The van der Waals surface area contributed by atoms with Crippen molar-refractivity contribution in [1.82, 2.24) is 9.80 Å².